The van der Waals surface area contributed by atoms with Crippen LogP contribution in [0.2, 0.25) is 5.02 Å². The van der Waals surface area contributed by atoms with Crippen molar-refractivity contribution in [3.63, 3.8) is 0 Å². The van der Waals surface area contributed by atoms with E-state index in [4.69, 9.17) is 25.8 Å². The number of hydrogen-bond acceptors (Lipinski definition) is 12. The molecule has 0 aliphatic heterocycles. The highest BCUT2D eigenvalue weighted by Crippen LogP contribution is 2.34. The number of esters is 1. The fourth-order valence-corrected chi connectivity index (χ4v) is 7.80. The summed E-state index contributed by atoms with van der Waals surface area (Å²) in [5, 5.41) is 36.1. The van der Waals surface area contributed by atoms with E-state index in [2.05, 4.69) is 30.4 Å². The third-order valence-corrected chi connectivity index (χ3v) is 11.5. The number of unbranched alkanes of at least 4 members (excludes halogenated alkanes) is 4. The first-order valence-electron chi connectivity index (χ1n) is 19.4. The molecule has 3 rings (SSSR count). The fraction of sp³-hybridized carbons (Fsp3) is 0.488. The predicted octanol–water partition coefficient (Wildman–Crippen LogP) is 7.17. The second-order valence-corrected chi connectivity index (χ2v) is 17.4. The van der Waals surface area contributed by atoms with Gasteiger partial charge in [-0.3, -0.25) is 29.3 Å². The molecule has 0 bridgehead atoms. The maximum absolute atomic E-state index is 14.0. The van der Waals surface area contributed by atoms with Crippen molar-refractivity contribution in [1.29, 1.82) is 0 Å². The number of halogens is 1. The van der Waals surface area contributed by atoms with Gasteiger partial charge in [-0.2, -0.15) is 0 Å². The van der Waals surface area contributed by atoms with Gasteiger partial charge >= 0.3 is 11.9 Å². The molecule has 0 fully saturated rings. The Balaban J connectivity index is 1.69. The number of hydrogen-bond donors (Lipinski definition) is 2. The summed E-state index contributed by atoms with van der Waals surface area (Å²) in [7, 11) is -4.67. The number of nitro benzene ring substituents is 2. The maximum Gasteiger partial charge on any atom is 0.336 e. The lowest BCUT2D eigenvalue weighted by Crippen LogP contribution is -2.49. The molecule has 0 radical (unpaired) electrons. The molecule has 328 valence electrons. The number of ether oxygens (including phenoxy) is 3. The summed E-state index contributed by atoms with van der Waals surface area (Å²) >= 11 is 6.31. The number of rotatable bonds is 24. The van der Waals surface area contributed by atoms with E-state index in [9.17, 15) is 48.1 Å². The lowest BCUT2D eigenvalue weighted by molar-refractivity contribution is -0.396. The number of carboxylic acid groups (broad SMARTS) is 1. The van der Waals surface area contributed by atoms with Gasteiger partial charge in [-0.05, 0) is 121 Å². The first-order valence-corrected chi connectivity index (χ1v) is 21.2. The first-order chi connectivity index (χ1) is 28.1. The summed E-state index contributed by atoms with van der Waals surface area (Å²) in [5.41, 5.74) is 1.85. The van der Waals surface area contributed by atoms with E-state index in [1.54, 1.807) is 33.8 Å². The van der Waals surface area contributed by atoms with Crippen LogP contribution in [0.25, 0.3) is 0 Å². The molecule has 0 unspecified atom stereocenters. The van der Waals surface area contributed by atoms with Gasteiger partial charge in [0.1, 0.15) is 12.2 Å². The number of nitrogens with one attached hydrogen (secondary N) is 1. The van der Waals surface area contributed by atoms with Crippen LogP contribution in [0.5, 0.6) is 0 Å². The summed E-state index contributed by atoms with van der Waals surface area (Å²) in [6, 6.07) is 13.0. The van der Waals surface area contributed by atoms with Gasteiger partial charge in [0.15, 0.2) is 17.1 Å². The normalized spacial score (nSPS) is 12.7. The molecule has 2 N–H and O–H groups in total. The largest absolute Gasteiger partial charge is 0.479 e. The maximum atomic E-state index is 14.0. The average molecular weight is 877 g/mol. The van der Waals surface area contributed by atoms with Gasteiger partial charge < -0.3 is 24.6 Å². The van der Waals surface area contributed by atoms with Gasteiger partial charge in [-0.15, -0.1) is 0 Å². The average Bonchev–Trinajstić information content (AvgIpc) is 3.16. The van der Waals surface area contributed by atoms with E-state index < -0.39 is 78.4 Å². The van der Waals surface area contributed by atoms with Gasteiger partial charge in [-0.25, -0.2) is 18.0 Å². The Morgan fingerprint density at radius 2 is 1.52 bits per heavy atom. The Labute approximate surface area is 354 Å². The number of benzene rings is 3. The zero-order valence-corrected chi connectivity index (χ0v) is 36.2. The number of carbonyl (C=O) groups is 3. The van der Waals surface area contributed by atoms with E-state index in [0.717, 1.165) is 35.7 Å². The molecule has 0 saturated heterocycles. The number of aliphatic carboxylic acids is 1. The lowest BCUT2D eigenvalue weighted by atomic mass is 10.0. The Hall–Kier alpha value is -5.17. The highest BCUT2D eigenvalue weighted by Gasteiger charge is 2.37. The molecular weight excluding hydrogens is 824 g/mol. The van der Waals surface area contributed by atoms with Crippen LogP contribution in [0.1, 0.15) is 81.5 Å². The van der Waals surface area contributed by atoms with E-state index in [-0.39, 0.29) is 43.2 Å². The SMILES string of the molecule is Cc1ccc(CCCCCO[C@@H](C(=O)NCCCCCN(c2ccc(C)c(Cl)c2)S(=O)(=O)c2ccc([N+](=O)[O-])cc2[N+](=O)[O-])[C@@H](OCC(=O)OC(C)(C)C)C(=O)O)cc1C. The second kappa shape index (κ2) is 22.4. The van der Waals surface area contributed by atoms with Crippen molar-refractivity contribution in [2.45, 2.75) is 109 Å². The number of carboxylic acids is 1. The topological polar surface area (TPSA) is 235 Å². The zero-order chi connectivity index (χ0) is 44.8. The summed E-state index contributed by atoms with van der Waals surface area (Å²) in [6.07, 6.45) is 0.220. The van der Waals surface area contributed by atoms with Crippen molar-refractivity contribution >= 4 is 56.5 Å². The highest BCUT2D eigenvalue weighted by atomic mass is 35.5. The van der Waals surface area contributed by atoms with E-state index in [1.807, 2.05) is 6.92 Å². The number of sulfonamides is 1. The van der Waals surface area contributed by atoms with Crippen LogP contribution >= 0.6 is 11.6 Å². The summed E-state index contributed by atoms with van der Waals surface area (Å²) in [6.45, 7) is 9.82. The molecule has 3 aromatic carbocycles. The van der Waals surface area contributed by atoms with Gasteiger partial charge in [0, 0.05) is 30.8 Å². The smallest absolute Gasteiger partial charge is 0.336 e. The standard InChI is InChI=1S/C41H53ClN4O13S/c1-27-14-16-30(23-29(27)3)13-9-7-12-22-57-37(38(40(49)50)58-26-36(47)59-41(4,5)6)39(48)43-20-10-8-11-21-44(31-17-15-28(2)33(42)24-31)60(55,56)35-19-18-32(45(51)52)25-34(35)46(53)54/h14-19,23-25,37-38H,7-13,20-22,26H2,1-6H3,(H,43,48)(H,49,50)/t37-,38-/m1/s1. The molecule has 0 heterocycles. The van der Waals surface area contributed by atoms with Crippen molar-refractivity contribution in [1.82, 2.24) is 5.32 Å². The molecule has 3 aromatic rings. The lowest BCUT2D eigenvalue weighted by Gasteiger charge is -2.25. The number of amides is 1. The molecular formula is C41H53ClN4O13S. The monoisotopic (exact) mass is 876 g/mol. The molecule has 0 aromatic heterocycles. The Kier molecular flexibility index (Phi) is 18.4. The molecule has 0 saturated carbocycles. The molecule has 17 nitrogen and oxygen atoms in total. The Morgan fingerprint density at radius 3 is 2.13 bits per heavy atom. The molecule has 2 atom stereocenters. The van der Waals surface area contributed by atoms with Gasteiger partial charge in [0.2, 0.25) is 0 Å². The van der Waals surface area contributed by atoms with Crippen LogP contribution in [0.15, 0.2) is 59.5 Å². The zero-order valence-electron chi connectivity index (χ0n) is 34.6. The van der Waals surface area contributed by atoms with Crippen molar-refractivity contribution in [2.24, 2.45) is 0 Å². The number of non-ortho nitro benzene ring substituents is 1. The van der Waals surface area contributed by atoms with Crippen LogP contribution in [0, 0.1) is 41.0 Å². The fourth-order valence-electron chi connectivity index (χ4n) is 5.99. The number of aryl methyl sites for hydroxylation is 4. The van der Waals surface area contributed by atoms with E-state index >= 15 is 0 Å². The number of anilines is 1. The van der Waals surface area contributed by atoms with Gasteiger partial charge in [-0.1, -0.05) is 42.3 Å². The number of carbonyl (C=O) groups excluding carboxylic acids is 2. The minimum absolute atomic E-state index is 0.0179. The Bertz CT molecular complexity index is 2130. The molecule has 0 aliphatic rings. The quantitative estimate of drug-likeness (QED) is 0.0393. The third-order valence-electron chi connectivity index (χ3n) is 9.25. The third kappa shape index (κ3) is 14.8. The predicted molar refractivity (Wildman–Crippen MR) is 224 cm³/mol. The van der Waals surface area contributed by atoms with Crippen LogP contribution in [0.3, 0.4) is 0 Å². The summed E-state index contributed by atoms with van der Waals surface area (Å²) in [5.74, 6) is -3.16. The molecule has 60 heavy (non-hydrogen) atoms. The van der Waals surface area contributed by atoms with Crippen molar-refractivity contribution in [2.75, 3.05) is 30.6 Å². The minimum atomic E-state index is -4.67. The van der Waals surface area contributed by atoms with Crippen LogP contribution in [-0.4, -0.2) is 85.3 Å². The van der Waals surface area contributed by atoms with Crippen molar-refractivity contribution in [3.05, 3.63) is 102 Å². The van der Waals surface area contributed by atoms with Crippen LogP contribution in [-0.2, 0) is 45.0 Å². The minimum Gasteiger partial charge on any atom is -0.479 e. The van der Waals surface area contributed by atoms with Gasteiger partial charge in [0.05, 0.1) is 21.6 Å². The number of nitrogens with zero attached hydrogens (tertiary/aromatic N) is 3. The molecule has 19 heteroatoms. The van der Waals surface area contributed by atoms with Gasteiger partial charge in [0.25, 0.3) is 27.3 Å². The summed E-state index contributed by atoms with van der Waals surface area (Å²) in [4.78, 5) is 58.7. The van der Waals surface area contributed by atoms with Crippen molar-refractivity contribution in [3.8, 4) is 0 Å². The van der Waals surface area contributed by atoms with E-state index in [1.165, 1.54) is 28.8 Å². The van der Waals surface area contributed by atoms with Crippen LogP contribution in [0.4, 0.5) is 17.1 Å². The molecule has 0 spiro atoms. The van der Waals surface area contributed by atoms with Crippen LogP contribution < -0.4 is 9.62 Å². The first kappa shape index (κ1) is 49.2. The second-order valence-electron chi connectivity index (χ2n) is 15.2. The highest BCUT2D eigenvalue weighted by molar-refractivity contribution is 7.93. The Morgan fingerprint density at radius 1 is 0.833 bits per heavy atom. The van der Waals surface area contributed by atoms with Crippen molar-refractivity contribution < 1.29 is 52.0 Å². The molecule has 0 aliphatic carbocycles. The number of nitro groups is 2. The van der Waals surface area contributed by atoms with E-state index in [0.29, 0.717) is 24.5 Å². The summed E-state index contributed by atoms with van der Waals surface area (Å²) < 4.78 is 45.3. The molecule has 1 amide bonds.